The van der Waals surface area contributed by atoms with Crippen molar-refractivity contribution in [2.24, 2.45) is 0 Å². The Morgan fingerprint density at radius 1 is 0.319 bits per heavy atom. The van der Waals surface area contributed by atoms with E-state index in [2.05, 4.69) is 196 Å². The summed E-state index contributed by atoms with van der Waals surface area (Å²) in [7, 11) is -3.20. The van der Waals surface area contributed by atoms with E-state index in [-0.39, 0.29) is 0 Å². The normalized spacial score (nSPS) is 12.1. The molecule has 0 amide bonds. The lowest BCUT2D eigenvalue weighted by Crippen LogP contribution is -2.18. The molecule has 0 saturated carbocycles. The molecule has 0 atom stereocenters. The van der Waals surface area contributed by atoms with Crippen LogP contribution in [0.15, 0.2) is 243 Å². The van der Waals surface area contributed by atoms with Crippen molar-refractivity contribution in [3.8, 4) is 33.6 Å². The van der Waals surface area contributed by atoms with Crippen molar-refractivity contribution in [2.75, 3.05) is 6.61 Å². The van der Waals surface area contributed by atoms with Gasteiger partial charge in [0.25, 0.3) is 7.37 Å². The predicted molar refractivity (Wildman–Crippen MR) is 303 cm³/mol. The Balaban J connectivity index is 0.839. The lowest BCUT2D eigenvalue weighted by Gasteiger charge is -2.19. The molecule has 348 valence electrons. The third-order valence-electron chi connectivity index (χ3n) is 14.6. The summed E-state index contributed by atoms with van der Waals surface area (Å²) in [5.74, 6) is 0. The summed E-state index contributed by atoms with van der Waals surface area (Å²) in [6.45, 7) is 1.33. The van der Waals surface area contributed by atoms with E-state index >= 15 is 0 Å². The Bertz CT molecular complexity index is 3820. The molecule has 0 fully saturated rings. The minimum absolute atomic E-state index is 0.442. The molecule has 0 bridgehead atoms. The van der Waals surface area contributed by atoms with Crippen LogP contribution in [-0.2, 0) is 15.6 Å². The van der Waals surface area contributed by atoms with Crippen LogP contribution in [-0.4, -0.2) is 20.3 Å². The predicted octanol–water partition coefficient (Wildman–Crippen LogP) is 16.8. The van der Waals surface area contributed by atoms with Gasteiger partial charge in [0.15, 0.2) is 0 Å². The summed E-state index contributed by atoms with van der Waals surface area (Å²) >= 11 is 0. The fourth-order valence-electron chi connectivity index (χ4n) is 11.2. The molecule has 0 aliphatic carbocycles. The first-order valence-corrected chi connectivity index (χ1v) is 26.8. The van der Waals surface area contributed by atoms with E-state index in [1.54, 1.807) is 0 Å². The summed E-state index contributed by atoms with van der Waals surface area (Å²) in [6.07, 6.45) is 3.87. The van der Waals surface area contributed by atoms with Crippen molar-refractivity contribution in [2.45, 2.75) is 32.2 Å². The van der Waals surface area contributed by atoms with Crippen molar-refractivity contribution >= 4 is 83.4 Å². The Kier molecular flexibility index (Phi) is 11.3. The lowest BCUT2D eigenvalue weighted by molar-refractivity contribution is 0.313. The molecule has 6 heteroatoms. The number of para-hydroxylation sites is 4. The maximum absolute atomic E-state index is 14.4. The van der Waals surface area contributed by atoms with Crippen LogP contribution >= 0.6 is 7.37 Å². The standard InChI is InChI=1S/C66H52N3O2P/c70-72(53-25-5-3-6-26-53,54-27-7-4-8-28-54)71-42-18-2-1-17-41-67-61-39-37-49(47-21-19-23-51(43-47)68-63-33-13-9-29-55(63)56-30-10-14-34-64(56)68)45-59(61)60-46-50(38-40-62(60)67)48-22-20-24-52(44-48)69-65-35-15-11-31-57(65)58-32-12-16-36-66(58)69/h3-16,19-40,43-46H,1-2,17-18,41-42H2. The maximum atomic E-state index is 14.4. The highest BCUT2D eigenvalue weighted by Crippen LogP contribution is 2.45. The number of hydrogen-bond donors (Lipinski definition) is 0. The van der Waals surface area contributed by atoms with Gasteiger partial charge in [0.05, 0.1) is 28.7 Å². The summed E-state index contributed by atoms with van der Waals surface area (Å²) in [4.78, 5) is 0. The largest absolute Gasteiger partial charge is 0.340 e. The number of unbranched alkanes of at least 4 members (excludes halogenated alkanes) is 3. The fourth-order valence-corrected chi connectivity index (χ4v) is 13.3. The van der Waals surface area contributed by atoms with Crippen molar-refractivity contribution in [1.82, 2.24) is 13.7 Å². The van der Waals surface area contributed by atoms with Gasteiger partial charge in [-0.1, -0.05) is 158 Å². The topological polar surface area (TPSA) is 41.1 Å². The van der Waals surface area contributed by atoms with Gasteiger partial charge < -0.3 is 18.2 Å². The molecule has 0 unspecified atom stereocenters. The molecule has 3 heterocycles. The molecular formula is C66H52N3O2P. The van der Waals surface area contributed by atoms with Crippen molar-refractivity contribution in [3.63, 3.8) is 0 Å². The Morgan fingerprint density at radius 3 is 1.15 bits per heavy atom. The first-order valence-electron chi connectivity index (χ1n) is 25.2. The Morgan fingerprint density at radius 2 is 0.708 bits per heavy atom. The lowest BCUT2D eigenvalue weighted by atomic mass is 9.99. The van der Waals surface area contributed by atoms with Gasteiger partial charge in [0, 0.05) is 71.9 Å². The maximum Gasteiger partial charge on any atom is 0.261 e. The summed E-state index contributed by atoms with van der Waals surface area (Å²) in [5.41, 5.74) is 14.3. The number of rotatable bonds is 14. The van der Waals surface area contributed by atoms with Crippen LogP contribution in [0.5, 0.6) is 0 Å². The summed E-state index contributed by atoms with van der Waals surface area (Å²) < 4.78 is 28.1. The van der Waals surface area contributed by atoms with E-state index in [0.717, 1.165) is 54.2 Å². The van der Waals surface area contributed by atoms with Gasteiger partial charge >= 0.3 is 0 Å². The van der Waals surface area contributed by atoms with Crippen molar-refractivity contribution in [3.05, 3.63) is 243 Å². The van der Waals surface area contributed by atoms with Crippen LogP contribution in [0.4, 0.5) is 0 Å². The zero-order valence-electron chi connectivity index (χ0n) is 39.9. The number of benzene rings is 10. The second kappa shape index (κ2) is 18.5. The molecule has 0 radical (unpaired) electrons. The Hall–Kier alpha value is -8.21. The quantitative estimate of drug-likeness (QED) is 0.0805. The van der Waals surface area contributed by atoms with E-state index in [9.17, 15) is 4.57 Å². The monoisotopic (exact) mass is 949 g/mol. The highest BCUT2D eigenvalue weighted by atomic mass is 31.2. The molecular weight excluding hydrogens is 898 g/mol. The number of aryl methyl sites for hydroxylation is 1. The SMILES string of the molecule is O=P(OCCCCCCn1c2ccc(-c3cccc(-n4c5ccccc5c5ccccc54)c3)cc2c2cc(-c3cccc(-n4c5ccccc5c5ccccc54)c3)ccc21)(c1ccccc1)c1ccccc1. The number of aromatic nitrogens is 3. The molecule has 0 spiro atoms. The van der Waals surface area contributed by atoms with Crippen LogP contribution in [0.25, 0.3) is 99.0 Å². The van der Waals surface area contributed by atoms with E-state index in [4.69, 9.17) is 4.52 Å². The highest BCUT2D eigenvalue weighted by Gasteiger charge is 2.28. The molecule has 0 N–H and O–H groups in total. The van der Waals surface area contributed by atoms with Gasteiger partial charge in [0.2, 0.25) is 0 Å². The zero-order chi connectivity index (χ0) is 48.0. The van der Waals surface area contributed by atoms with Gasteiger partial charge in [-0.05, 0) is 132 Å². The molecule has 10 aromatic carbocycles. The van der Waals surface area contributed by atoms with Gasteiger partial charge in [-0.25, -0.2) is 0 Å². The molecule has 0 saturated heterocycles. The average molecular weight is 950 g/mol. The van der Waals surface area contributed by atoms with Gasteiger partial charge in [-0.3, -0.25) is 4.57 Å². The third-order valence-corrected chi connectivity index (χ3v) is 17.1. The minimum Gasteiger partial charge on any atom is -0.340 e. The van der Waals surface area contributed by atoms with Crippen LogP contribution in [0.1, 0.15) is 25.7 Å². The molecule has 13 aromatic rings. The van der Waals surface area contributed by atoms with Gasteiger partial charge in [0.1, 0.15) is 0 Å². The van der Waals surface area contributed by atoms with Crippen molar-refractivity contribution in [1.29, 1.82) is 0 Å². The van der Waals surface area contributed by atoms with Crippen LogP contribution < -0.4 is 10.6 Å². The molecule has 5 nitrogen and oxygen atoms in total. The molecule has 0 aliphatic rings. The number of hydrogen-bond acceptors (Lipinski definition) is 2. The minimum atomic E-state index is -3.20. The fraction of sp³-hybridized carbons (Fsp3) is 0.0909. The van der Waals surface area contributed by atoms with Crippen LogP contribution in [0.2, 0.25) is 0 Å². The first kappa shape index (κ1) is 43.8. The average Bonchev–Trinajstić information content (AvgIpc) is 4.08. The summed E-state index contributed by atoms with van der Waals surface area (Å²) in [6, 6.07) is 86.2. The molecule has 3 aromatic heterocycles. The number of nitrogens with zero attached hydrogens (tertiary/aromatic N) is 3. The van der Waals surface area contributed by atoms with Crippen LogP contribution in [0.3, 0.4) is 0 Å². The Labute approximate surface area is 419 Å². The molecule has 0 aliphatic heterocycles. The van der Waals surface area contributed by atoms with E-state index in [1.165, 1.54) is 87.7 Å². The second-order valence-electron chi connectivity index (χ2n) is 18.9. The van der Waals surface area contributed by atoms with Crippen molar-refractivity contribution < 1.29 is 9.09 Å². The molecule has 13 rings (SSSR count). The van der Waals surface area contributed by atoms with Crippen LogP contribution in [0, 0.1) is 0 Å². The van der Waals surface area contributed by atoms with Gasteiger partial charge in [-0.2, -0.15) is 0 Å². The van der Waals surface area contributed by atoms with Gasteiger partial charge in [-0.15, -0.1) is 0 Å². The number of fused-ring (bicyclic) bond motifs is 9. The highest BCUT2D eigenvalue weighted by molar-refractivity contribution is 7.74. The van der Waals surface area contributed by atoms with E-state index in [1.807, 2.05) is 60.7 Å². The van der Waals surface area contributed by atoms with E-state index < -0.39 is 7.37 Å². The third kappa shape index (κ3) is 7.65. The smallest absolute Gasteiger partial charge is 0.261 e. The first-order chi connectivity index (χ1) is 35.6. The zero-order valence-corrected chi connectivity index (χ0v) is 40.8. The van der Waals surface area contributed by atoms with E-state index in [0.29, 0.717) is 6.61 Å². The second-order valence-corrected chi connectivity index (χ2v) is 21.3. The molecule has 72 heavy (non-hydrogen) atoms. The summed E-state index contributed by atoms with van der Waals surface area (Å²) in [5, 5.41) is 9.00.